The Morgan fingerprint density at radius 3 is 2.42 bits per heavy atom. The molecule has 3 aromatic carbocycles. The van der Waals surface area contributed by atoms with Crippen LogP contribution in [0, 0.1) is 12.8 Å². The lowest BCUT2D eigenvalue weighted by Crippen LogP contribution is -2.34. The molecule has 0 radical (unpaired) electrons. The molecule has 3 aromatic rings. The van der Waals surface area contributed by atoms with Gasteiger partial charge in [-0.2, -0.15) is 0 Å². The lowest BCUT2D eigenvalue weighted by atomic mass is 10.1. The maximum atomic E-state index is 13.0. The molecule has 1 aliphatic heterocycles. The van der Waals surface area contributed by atoms with E-state index < -0.39 is 0 Å². The number of hydrogen-bond acceptors (Lipinski definition) is 3. The van der Waals surface area contributed by atoms with Gasteiger partial charge in [-0.05, 0) is 48.9 Å². The zero-order valence-corrected chi connectivity index (χ0v) is 19.5. The molecule has 0 saturated carbocycles. The molecule has 4 rings (SSSR count). The van der Waals surface area contributed by atoms with Gasteiger partial charge in [-0.15, -0.1) is 0 Å². The van der Waals surface area contributed by atoms with Crippen molar-refractivity contribution in [2.45, 2.75) is 33.9 Å². The third-order valence-corrected chi connectivity index (χ3v) is 5.86. The van der Waals surface area contributed by atoms with Crippen LogP contribution in [0.15, 0.2) is 72.8 Å². The van der Waals surface area contributed by atoms with Crippen molar-refractivity contribution in [3.05, 3.63) is 95.1 Å². The van der Waals surface area contributed by atoms with Crippen molar-refractivity contribution >= 4 is 17.5 Å². The average Bonchev–Trinajstić information content (AvgIpc) is 3.05. The normalized spacial score (nSPS) is 13.2. The summed E-state index contributed by atoms with van der Waals surface area (Å²) in [5, 5.41) is 0. The second-order valence-electron chi connectivity index (χ2n) is 8.80. The van der Waals surface area contributed by atoms with E-state index in [4.69, 9.17) is 4.74 Å². The van der Waals surface area contributed by atoms with Crippen molar-refractivity contribution < 1.29 is 14.3 Å². The number of rotatable bonds is 5. The number of amides is 2. The van der Waals surface area contributed by atoms with Gasteiger partial charge in [0.2, 0.25) is 5.91 Å². The van der Waals surface area contributed by atoms with E-state index in [0.29, 0.717) is 31.8 Å². The molecule has 0 fully saturated rings. The number of nitrogens with zero attached hydrogens (tertiary/aromatic N) is 2. The van der Waals surface area contributed by atoms with E-state index in [-0.39, 0.29) is 17.7 Å². The van der Waals surface area contributed by atoms with Gasteiger partial charge in [0, 0.05) is 29.3 Å². The van der Waals surface area contributed by atoms with Gasteiger partial charge >= 0.3 is 0 Å². The zero-order chi connectivity index (χ0) is 23.4. The van der Waals surface area contributed by atoms with Crippen LogP contribution in [0.5, 0.6) is 5.75 Å². The highest BCUT2D eigenvalue weighted by Crippen LogP contribution is 2.27. The Labute approximate surface area is 195 Å². The summed E-state index contributed by atoms with van der Waals surface area (Å²) in [6.07, 6.45) is 0. The minimum Gasteiger partial charge on any atom is -0.491 e. The molecule has 170 valence electrons. The standard InChI is InChI=1S/C28H30N2O3/c1-20(2)27(31)30(25-12-9-21(3)10-13-25)18-22-11-14-26-24(17-22)19-29(15-16-33-26)28(32)23-7-5-4-6-8-23/h4-14,17,20H,15-16,18-19H2,1-3H3. The summed E-state index contributed by atoms with van der Waals surface area (Å²) in [7, 11) is 0. The van der Waals surface area contributed by atoms with Crippen LogP contribution in [0.4, 0.5) is 5.69 Å². The fourth-order valence-electron chi connectivity index (χ4n) is 4.00. The van der Waals surface area contributed by atoms with Crippen LogP contribution in [0.2, 0.25) is 0 Å². The van der Waals surface area contributed by atoms with Crippen LogP contribution in [-0.4, -0.2) is 29.9 Å². The fraction of sp³-hybridized carbons (Fsp3) is 0.286. The first-order valence-corrected chi connectivity index (χ1v) is 11.4. The first kappa shape index (κ1) is 22.6. The third kappa shape index (κ3) is 5.25. The second-order valence-corrected chi connectivity index (χ2v) is 8.80. The number of ether oxygens (including phenoxy) is 1. The summed E-state index contributed by atoms with van der Waals surface area (Å²) in [5.41, 5.74) is 4.66. The Bertz CT molecular complexity index is 1120. The molecule has 0 saturated heterocycles. The smallest absolute Gasteiger partial charge is 0.254 e. The molecule has 2 amide bonds. The topological polar surface area (TPSA) is 49.9 Å². The molecular weight excluding hydrogens is 412 g/mol. The molecule has 0 bridgehead atoms. The largest absolute Gasteiger partial charge is 0.491 e. The molecule has 0 unspecified atom stereocenters. The Kier molecular flexibility index (Phi) is 6.78. The highest BCUT2D eigenvalue weighted by Gasteiger charge is 2.23. The summed E-state index contributed by atoms with van der Waals surface area (Å²) < 4.78 is 5.93. The molecular formula is C28H30N2O3. The highest BCUT2D eigenvalue weighted by molar-refractivity contribution is 5.95. The van der Waals surface area contributed by atoms with Crippen molar-refractivity contribution in [2.24, 2.45) is 5.92 Å². The van der Waals surface area contributed by atoms with E-state index in [9.17, 15) is 9.59 Å². The molecule has 1 aliphatic rings. The highest BCUT2D eigenvalue weighted by atomic mass is 16.5. The van der Waals surface area contributed by atoms with Gasteiger partial charge in [0.05, 0.1) is 13.1 Å². The lowest BCUT2D eigenvalue weighted by Gasteiger charge is -2.26. The number of carbonyl (C=O) groups excluding carboxylic acids is 2. The molecule has 0 aromatic heterocycles. The van der Waals surface area contributed by atoms with E-state index >= 15 is 0 Å². The number of hydrogen-bond donors (Lipinski definition) is 0. The lowest BCUT2D eigenvalue weighted by molar-refractivity contribution is -0.121. The van der Waals surface area contributed by atoms with Crippen LogP contribution >= 0.6 is 0 Å². The molecule has 0 N–H and O–H groups in total. The summed E-state index contributed by atoms with van der Waals surface area (Å²) in [4.78, 5) is 29.7. The van der Waals surface area contributed by atoms with Gasteiger partial charge in [0.25, 0.3) is 5.91 Å². The zero-order valence-electron chi connectivity index (χ0n) is 19.5. The first-order valence-electron chi connectivity index (χ1n) is 11.4. The predicted molar refractivity (Wildman–Crippen MR) is 130 cm³/mol. The van der Waals surface area contributed by atoms with Gasteiger partial charge in [0.15, 0.2) is 0 Å². The maximum Gasteiger partial charge on any atom is 0.254 e. The van der Waals surface area contributed by atoms with E-state index in [1.165, 1.54) is 0 Å². The van der Waals surface area contributed by atoms with Crippen molar-refractivity contribution in [3.8, 4) is 5.75 Å². The summed E-state index contributed by atoms with van der Waals surface area (Å²) in [6, 6.07) is 23.4. The van der Waals surface area contributed by atoms with Gasteiger partial charge in [-0.1, -0.05) is 55.8 Å². The quantitative estimate of drug-likeness (QED) is 0.544. The Morgan fingerprint density at radius 2 is 1.73 bits per heavy atom. The molecule has 33 heavy (non-hydrogen) atoms. The van der Waals surface area contributed by atoms with Gasteiger partial charge in [0.1, 0.15) is 12.4 Å². The number of anilines is 1. The fourth-order valence-corrected chi connectivity index (χ4v) is 4.00. The van der Waals surface area contributed by atoms with Gasteiger partial charge in [-0.25, -0.2) is 0 Å². The number of aryl methyl sites for hydroxylation is 1. The van der Waals surface area contributed by atoms with Crippen molar-refractivity contribution in [1.82, 2.24) is 4.90 Å². The third-order valence-electron chi connectivity index (χ3n) is 5.86. The minimum atomic E-state index is -0.116. The van der Waals surface area contributed by atoms with E-state index in [0.717, 1.165) is 28.1 Å². The Hall–Kier alpha value is -3.60. The Balaban J connectivity index is 1.59. The van der Waals surface area contributed by atoms with Crippen molar-refractivity contribution in [2.75, 3.05) is 18.1 Å². The number of carbonyl (C=O) groups is 2. The van der Waals surface area contributed by atoms with Crippen LogP contribution in [0.3, 0.4) is 0 Å². The van der Waals surface area contributed by atoms with Gasteiger partial charge in [-0.3, -0.25) is 9.59 Å². The predicted octanol–water partition coefficient (Wildman–Crippen LogP) is 5.22. The SMILES string of the molecule is Cc1ccc(N(Cc2ccc3c(c2)CN(C(=O)c2ccccc2)CCO3)C(=O)C(C)C)cc1. The average molecular weight is 443 g/mol. The molecule has 0 spiro atoms. The number of fused-ring (bicyclic) bond motifs is 1. The summed E-state index contributed by atoms with van der Waals surface area (Å²) in [6.45, 7) is 7.78. The summed E-state index contributed by atoms with van der Waals surface area (Å²) >= 11 is 0. The van der Waals surface area contributed by atoms with E-state index in [1.54, 1.807) is 0 Å². The van der Waals surface area contributed by atoms with Crippen LogP contribution < -0.4 is 9.64 Å². The number of benzene rings is 3. The van der Waals surface area contributed by atoms with Crippen LogP contribution in [0.1, 0.15) is 40.9 Å². The molecule has 5 heteroatoms. The van der Waals surface area contributed by atoms with Crippen molar-refractivity contribution in [1.29, 1.82) is 0 Å². The monoisotopic (exact) mass is 442 g/mol. The Morgan fingerprint density at radius 1 is 1.00 bits per heavy atom. The van der Waals surface area contributed by atoms with Gasteiger partial charge < -0.3 is 14.5 Å². The van der Waals surface area contributed by atoms with E-state index in [2.05, 4.69) is 6.07 Å². The first-order chi connectivity index (χ1) is 15.9. The van der Waals surface area contributed by atoms with Crippen LogP contribution in [-0.2, 0) is 17.9 Å². The maximum absolute atomic E-state index is 13.0. The van der Waals surface area contributed by atoms with E-state index in [1.807, 2.05) is 97.3 Å². The second kappa shape index (κ2) is 9.90. The molecule has 5 nitrogen and oxygen atoms in total. The molecule has 1 heterocycles. The molecule has 0 atom stereocenters. The molecule has 0 aliphatic carbocycles. The minimum absolute atomic E-state index is 0.00581. The summed E-state index contributed by atoms with van der Waals surface area (Å²) in [5.74, 6) is 0.744. The van der Waals surface area contributed by atoms with Crippen molar-refractivity contribution in [3.63, 3.8) is 0 Å². The van der Waals surface area contributed by atoms with Crippen LogP contribution in [0.25, 0.3) is 0 Å².